The molecule has 0 heterocycles. The highest BCUT2D eigenvalue weighted by atomic mass is 32.2. The molecule has 1 unspecified atom stereocenters. The predicted molar refractivity (Wildman–Crippen MR) is 151 cm³/mol. The van der Waals surface area contributed by atoms with Gasteiger partial charge in [0.2, 0.25) is 0 Å². The van der Waals surface area contributed by atoms with Crippen LogP contribution in [0, 0.1) is 5.92 Å². The second-order valence-electron chi connectivity index (χ2n) is 7.37. The highest BCUT2D eigenvalue weighted by Gasteiger charge is 2.08. The average molecular weight is 475 g/mol. The molecule has 0 aliphatic carbocycles. The number of hydrogen-bond donors (Lipinski definition) is 3. The van der Waals surface area contributed by atoms with E-state index in [-0.39, 0.29) is 0 Å². The number of allylic oxidation sites excluding steroid dienone is 1. The maximum Gasteiger partial charge on any atom is 0.106 e. The van der Waals surface area contributed by atoms with Crippen LogP contribution in [-0.4, -0.2) is 37.1 Å². The quantitative estimate of drug-likeness (QED) is 0.155. The number of anilines is 1. The lowest BCUT2D eigenvalue weighted by Crippen LogP contribution is -2.17. The van der Waals surface area contributed by atoms with E-state index in [9.17, 15) is 0 Å². The molecule has 0 radical (unpaired) electrons. The van der Waals surface area contributed by atoms with E-state index in [0.717, 1.165) is 48.8 Å². The molecule has 0 aliphatic heterocycles. The van der Waals surface area contributed by atoms with Crippen LogP contribution in [0.2, 0.25) is 0 Å². The van der Waals surface area contributed by atoms with Gasteiger partial charge in [0.05, 0.1) is 17.1 Å². The Labute approximate surface area is 207 Å². The van der Waals surface area contributed by atoms with Gasteiger partial charge in [0.15, 0.2) is 0 Å². The van der Waals surface area contributed by atoms with Crippen LogP contribution < -0.4 is 16.1 Å². The summed E-state index contributed by atoms with van der Waals surface area (Å²) in [4.78, 5) is 8.00. The number of benzene rings is 1. The summed E-state index contributed by atoms with van der Waals surface area (Å²) >= 11 is 2.02. The van der Waals surface area contributed by atoms with Crippen molar-refractivity contribution in [1.29, 1.82) is 0 Å². The molecule has 1 aromatic carbocycles. The Hall–Kier alpha value is -2.47. The zero-order valence-corrected chi connectivity index (χ0v) is 22.3. The molecular formula is C27H46N4OS. The molecule has 6 heteroatoms. The van der Waals surface area contributed by atoms with E-state index in [0.29, 0.717) is 5.92 Å². The molecule has 1 atom stereocenters. The van der Waals surface area contributed by atoms with E-state index in [1.54, 1.807) is 6.20 Å². The first-order valence-electron chi connectivity index (χ1n) is 11.6. The summed E-state index contributed by atoms with van der Waals surface area (Å²) in [5, 5.41) is 10.4. The van der Waals surface area contributed by atoms with Crippen LogP contribution in [0.5, 0.6) is 0 Å². The minimum absolute atomic E-state index is 0.715. The molecule has 0 fully saturated rings. The zero-order chi connectivity index (χ0) is 25.5. The number of nitrogens with one attached hydrogen (secondary N) is 3. The molecule has 33 heavy (non-hydrogen) atoms. The van der Waals surface area contributed by atoms with Crippen molar-refractivity contribution in [2.45, 2.75) is 53.9 Å². The molecule has 0 amide bonds. The third kappa shape index (κ3) is 17.7. The standard InChI is InChI=1S/C22H35N3S.C4H9N.CH2O/c1-7-17(4)15-26-16-20(8-2)14-21-10-12-22(13-11-21)25-24-19(6)18(5)23-9-3;1-3-5-4-2;1-2/h10-13,20,23,25H,4-5,7-9,14-16H2,1-3,6H3;3,5H,1,4H2,2H3;1H2/b24-19-;;. The number of rotatable bonds is 15. The lowest BCUT2D eigenvalue weighted by Gasteiger charge is -2.15. The Balaban J connectivity index is 0. The van der Waals surface area contributed by atoms with Crippen LogP contribution in [0.3, 0.4) is 0 Å². The third-order valence-electron chi connectivity index (χ3n) is 4.74. The minimum Gasteiger partial charge on any atom is -0.392 e. The molecule has 0 saturated carbocycles. The summed E-state index contributed by atoms with van der Waals surface area (Å²) in [5.41, 5.74) is 8.55. The first-order valence-corrected chi connectivity index (χ1v) is 12.8. The van der Waals surface area contributed by atoms with Crippen LogP contribution in [0.4, 0.5) is 5.69 Å². The normalized spacial score (nSPS) is 11.0. The number of hydrazone groups is 1. The summed E-state index contributed by atoms with van der Waals surface area (Å²) in [7, 11) is 0. The van der Waals surface area contributed by atoms with Crippen molar-refractivity contribution in [3.8, 4) is 0 Å². The Morgan fingerprint density at radius 2 is 1.73 bits per heavy atom. The summed E-state index contributed by atoms with van der Waals surface area (Å²) in [6, 6.07) is 8.59. The van der Waals surface area contributed by atoms with Gasteiger partial charge in [-0.25, -0.2) is 0 Å². The van der Waals surface area contributed by atoms with Crippen molar-refractivity contribution in [3.05, 3.63) is 67.0 Å². The molecule has 0 spiro atoms. The molecule has 0 aliphatic rings. The number of thioether (sulfide) groups is 1. The van der Waals surface area contributed by atoms with Gasteiger partial charge in [0.1, 0.15) is 6.79 Å². The first kappa shape index (κ1) is 32.7. The van der Waals surface area contributed by atoms with Crippen molar-refractivity contribution in [2.24, 2.45) is 11.0 Å². The van der Waals surface area contributed by atoms with Crippen molar-refractivity contribution in [1.82, 2.24) is 10.6 Å². The molecule has 0 bridgehead atoms. The Morgan fingerprint density at radius 1 is 1.09 bits per heavy atom. The van der Waals surface area contributed by atoms with Gasteiger partial charge in [0, 0.05) is 18.8 Å². The fourth-order valence-electron chi connectivity index (χ4n) is 2.54. The van der Waals surface area contributed by atoms with Gasteiger partial charge in [-0.15, -0.1) is 0 Å². The minimum atomic E-state index is 0.715. The number of hydrogen-bond acceptors (Lipinski definition) is 6. The molecule has 0 aromatic heterocycles. The van der Waals surface area contributed by atoms with Gasteiger partial charge >= 0.3 is 0 Å². The summed E-state index contributed by atoms with van der Waals surface area (Å²) < 4.78 is 0. The fraction of sp³-hybridized carbons (Fsp3) is 0.481. The summed E-state index contributed by atoms with van der Waals surface area (Å²) in [5.74, 6) is 3.00. The summed E-state index contributed by atoms with van der Waals surface area (Å²) in [6.45, 7) is 25.8. The third-order valence-corrected chi connectivity index (χ3v) is 6.06. The van der Waals surface area contributed by atoms with Crippen LogP contribution in [0.1, 0.15) is 53.0 Å². The molecular weight excluding hydrogens is 428 g/mol. The average Bonchev–Trinajstić information content (AvgIpc) is 2.84. The Bertz CT molecular complexity index is 686. The van der Waals surface area contributed by atoms with Crippen molar-refractivity contribution >= 4 is 30.0 Å². The summed E-state index contributed by atoms with van der Waals surface area (Å²) in [6.07, 6.45) is 5.10. The molecule has 1 rings (SSSR count). The topological polar surface area (TPSA) is 65.5 Å². The number of nitrogens with zero attached hydrogens (tertiary/aromatic N) is 1. The SMILES string of the molecule is C=C(CC)CSCC(CC)Cc1ccc(N/N=C(/C)C(=C)NCC)cc1.C=CNCC.C=O. The van der Waals surface area contributed by atoms with Crippen molar-refractivity contribution in [3.63, 3.8) is 0 Å². The Morgan fingerprint density at radius 3 is 2.18 bits per heavy atom. The fourth-order valence-corrected chi connectivity index (χ4v) is 3.84. The van der Waals surface area contributed by atoms with Gasteiger partial charge in [-0.1, -0.05) is 57.7 Å². The van der Waals surface area contributed by atoms with Gasteiger partial charge < -0.3 is 15.4 Å². The van der Waals surface area contributed by atoms with E-state index in [1.807, 2.05) is 39.3 Å². The molecule has 1 aromatic rings. The maximum atomic E-state index is 8.00. The molecule has 5 nitrogen and oxygen atoms in total. The second-order valence-corrected chi connectivity index (χ2v) is 8.40. The predicted octanol–water partition coefficient (Wildman–Crippen LogP) is 6.42. The van der Waals surface area contributed by atoms with E-state index < -0.39 is 0 Å². The van der Waals surface area contributed by atoms with Crippen LogP contribution in [0.15, 0.2) is 66.6 Å². The van der Waals surface area contributed by atoms with Gasteiger partial charge in [0.25, 0.3) is 0 Å². The molecule has 0 saturated heterocycles. The van der Waals surface area contributed by atoms with E-state index in [1.165, 1.54) is 23.3 Å². The van der Waals surface area contributed by atoms with Crippen LogP contribution in [-0.2, 0) is 11.2 Å². The van der Waals surface area contributed by atoms with Crippen LogP contribution in [0.25, 0.3) is 0 Å². The van der Waals surface area contributed by atoms with Gasteiger partial charge in [-0.2, -0.15) is 16.9 Å². The zero-order valence-electron chi connectivity index (χ0n) is 21.5. The van der Waals surface area contributed by atoms with E-state index in [2.05, 4.69) is 79.0 Å². The van der Waals surface area contributed by atoms with E-state index in [4.69, 9.17) is 4.79 Å². The lowest BCUT2D eigenvalue weighted by molar-refractivity contribution is -0.0979. The smallest absolute Gasteiger partial charge is 0.106 e. The van der Waals surface area contributed by atoms with Crippen LogP contribution >= 0.6 is 11.8 Å². The first-order chi connectivity index (χ1) is 15.9. The lowest BCUT2D eigenvalue weighted by atomic mass is 9.99. The molecule has 3 N–H and O–H groups in total. The van der Waals surface area contributed by atoms with Crippen molar-refractivity contribution in [2.75, 3.05) is 30.0 Å². The largest absolute Gasteiger partial charge is 0.392 e. The monoisotopic (exact) mass is 474 g/mol. The number of carbonyl (C=O) groups is 1. The van der Waals surface area contributed by atoms with Gasteiger partial charge in [-0.3, -0.25) is 5.43 Å². The second kappa shape index (κ2) is 22.7. The van der Waals surface area contributed by atoms with Crippen molar-refractivity contribution < 1.29 is 4.79 Å². The highest BCUT2D eigenvalue weighted by Crippen LogP contribution is 2.21. The Kier molecular flexibility index (Phi) is 22.5. The van der Waals surface area contributed by atoms with Gasteiger partial charge in [-0.05, 0) is 69.2 Å². The maximum absolute atomic E-state index is 8.00. The molecule has 186 valence electrons. The highest BCUT2D eigenvalue weighted by molar-refractivity contribution is 7.99. The van der Waals surface area contributed by atoms with E-state index >= 15 is 0 Å². The number of carbonyl (C=O) groups excluding carboxylic acids is 1.